The fraction of sp³-hybridized carbons (Fsp3) is 0.250. The summed E-state index contributed by atoms with van der Waals surface area (Å²) in [5, 5.41) is 17.9. The third-order valence-electron chi connectivity index (χ3n) is 1.96. The van der Waals surface area contributed by atoms with Gasteiger partial charge in [-0.3, -0.25) is 0 Å². The van der Waals surface area contributed by atoms with E-state index in [1.807, 2.05) is 0 Å². The van der Waals surface area contributed by atoms with Crippen LogP contribution in [0.15, 0.2) is 12.1 Å². The topological polar surface area (TPSA) is 58.9 Å². The average molecular weight is 216 g/mol. The van der Waals surface area contributed by atoms with Gasteiger partial charge in [0.05, 0.1) is 0 Å². The molecule has 80 valence electrons. The van der Waals surface area contributed by atoms with Crippen molar-refractivity contribution in [2.75, 3.05) is 0 Å². The highest BCUT2D eigenvalue weighted by atomic mass is 19.3. The van der Waals surface area contributed by atoms with E-state index in [0.29, 0.717) is 5.56 Å². The quantitative estimate of drug-likeness (QED) is 0.648. The molecule has 0 aliphatic carbocycles. The zero-order valence-electron chi connectivity index (χ0n) is 7.70. The van der Waals surface area contributed by atoms with Gasteiger partial charge in [0, 0.05) is 5.46 Å². The van der Waals surface area contributed by atoms with Crippen molar-refractivity contribution < 1.29 is 28.3 Å². The lowest BCUT2D eigenvalue weighted by Crippen LogP contribution is -2.33. The lowest BCUT2D eigenvalue weighted by molar-refractivity contribution is -0.286. The maximum Gasteiger partial charge on any atom is 0.586 e. The average Bonchev–Trinajstić information content (AvgIpc) is 2.36. The highest BCUT2D eigenvalue weighted by Crippen LogP contribution is 2.40. The van der Waals surface area contributed by atoms with E-state index >= 15 is 0 Å². The fourth-order valence-corrected chi connectivity index (χ4v) is 1.41. The molecule has 0 bridgehead atoms. The molecule has 0 aromatic heterocycles. The van der Waals surface area contributed by atoms with Crippen LogP contribution in [0.2, 0.25) is 0 Å². The summed E-state index contributed by atoms with van der Waals surface area (Å²) < 4.78 is 33.8. The maximum atomic E-state index is 12.7. The molecule has 0 unspecified atom stereocenters. The van der Waals surface area contributed by atoms with Crippen LogP contribution in [-0.2, 0) is 0 Å². The van der Waals surface area contributed by atoms with Crippen molar-refractivity contribution in [1.82, 2.24) is 0 Å². The fourth-order valence-electron chi connectivity index (χ4n) is 1.41. The molecular weight excluding hydrogens is 209 g/mol. The monoisotopic (exact) mass is 216 g/mol. The van der Waals surface area contributed by atoms with E-state index in [1.54, 1.807) is 6.92 Å². The molecule has 2 N–H and O–H groups in total. The predicted molar refractivity (Wildman–Crippen MR) is 47.2 cm³/mol. The summed E-state index contributed by atoms with van der Waals surface area (Å²) >= 11 is 0. The Balaban J connectivity index is 2.53. The van der Waals surface area contributed by atoms with Crippen molar-refractivity contribution in [2.24, 2.45) is 0 Å². The normalized spacial score (nSPS) is 16.6. The predicted octanol–water partition coefficient (Wildman–Crippen LogP) is -0.00368. The molecular formula is C8H7BF2O4. The first-order valence-electron chi connectivity index (χ1n) is 4.15. The Morgan fingerprint density at radius 1 is 1.27 bits per heavy atom. The van der Waals surface area contributed by atoms with E-state index in [-0.39, 0.29) is 17.0 Å². The van der Waals surface area contributed by atoms with E-state index < -0.39 is 13.4 Å². The maximum absolute atomic E-state index is 12.7. The second kappa shape index (κ2) is 3.08. The second-order valence-corrected chi connectivity index (χ2v) is 3.22. The molecule has 0 atom stereocenters. The minimum atomic E-state index is -3.75. The van der Waals surface area contributed by atoms with E-state index in [2.05, 4.69) is 9.47 Å². The molecule has 15 heavy (non-hydrogen) atoms. The molecule has 1 aromatic carbocycles. The van der Waals surface area contributed by atoms with Gasteiger partial charge < -0.3 is 19.5 Å². The number of rotatable bonds is 1. The van der Waals surface area contributed by atoms with Gasteiger partial charge in [-0.1, -0.05) is 6.07 Å². The molecule has 1 aliphatic heterocycles. The van der Waals surface area contributed by atoms with Crippen molar-refractivity contribution >= 4 is 12.6 Å². The van der Waals surface area contributed by atoms with Crippen molar-refractivity contribution in [3.05, 3.63) is 17.7 Å². The number of hydrogen-bond acceptors (Lipinski definition) is 4. The summed E-state index contributed by atoms with van der Waals surface area (Å²) in [5.74, 6) is -0.524. The van der Waals surface area contributed by atoms with Gasteiger partial charge in [0.15, 0.2) is 11.5 Å². The third kappa shape index (κ3) is 1.75. The molecule has 0 saturated heterocycles. The molecule has 0 radical (unpaired) electrons. The van der Waals surface area contributed by atoms with E-state index in [1.165, 1.54) is 12.1 Å². The van der Waals surface area contributed by atoms with E-state index in [0.717, 1.165) is 0 Å². The standard InChI is InChI=1S/C8H7BF2O4/c1-4-2-5(9(12)13)7-6(3-4)14-8(10,11)15-7/h2-3,12-13H,1H3. The number of ether oxygens (including phenoxy) is 2. The Morgan fingerprint density at radius 3 is 2.53 bits per heavy atom. The lowest BCUT2D eigenvalue weighted by atomic mass is 9.78. The molecule has 0 fully saturated rings. The molecule has 4 nitrogen and oxygen atoms in total. The summed E-state index contributed by atoms with van der Waals surface area (Å²) in [6, 6.07) is 2.68. The number of benzene rings is 1. The van der Waals surface area contributed by atoms with Crippen LogP contribution in [0.25, 0.3) is 0 Å². The van der Waals surface area contributed by atoms with Crippen LogP contribution < -0.4 is 14.9 Å². The van der Waals surface area contributed by atoms with Gasteiger partial charge in [-0.15, -0.1) is 8.78 Å². The van der Waals surface area contributed by atoms with Gasteiger partial charge in [-0.05, 0) is 18.6 Å². The van der Waals surface area contributed by atoms with Crippen LogP contribution in [0.4, 0.5) is 8.78 Å². The van der Waals surface area contributed by atoms with Gasteiger partial charge in [0.2, 0.25) is 0 Å². The number of halogens is 2. The van der Waals surface area contributed by atoms with Gasteiger partial charge in [0.25, 0.3) is 0 Å². The van der Waals surface area contributed by atoms with Crippen LogP contribution in [-0.4, -0.2) is 23.5 Å². The zero-order chi connectivity index (χ0) is 11.2. The first kappa shape index (κ1) is 10.2. The summed E-state index contributed by atoms with van der Waals surface area (Å²) in [5.41, 5.74) is 0.431. The van der Waals surface area contributed by atoms with Gasteiger partial charge in [-0.2, -0.15) is 0 Å². The largest absolute Gasteiger partial charge is 0.586 e. The SMILES string of the molecule is Cc1cc2c(c(B(O)O)c1)OC(F)(F)O2. The lowest BCUT2D eigenvalue weighted by Gasteiger charge is -2.06. The highest BCUT2D eigenvalue weighted by Gasteiger charge is 2.45. The smallest absolute Gasteiger partial charge is 0.423 e. The summed E-state index contributed by atoms with van der Waals surface area (Å²) in [6.45, 7) is 1.62. The molecule has 0 amide bonds. The Kier molecular flexibility index (Phi) is 2.09. The Morgan fingerprint density at radius 2 is 1.93 bits per heavy atom. The Bertz CT molecular complexity index is 408. The molecule has 1 aliphatic rings. The van der Waals surface area contributed by atoms with Crippen LogP contribution in [0, 0.1) is 6.92 Å². The summed E-state index contributed by atoms with van der Waals surface area (Å²) in [6.07, 6.45) is -3.75. The van der Waals surface area contributed by atoms with Gasteiger partial charge in [-0.25, -0.2) is 0 Å². The van der Waals surface area contributed by atoms with Crippen molar-refractivity contribution in [2.45, 2.75) is 13.2 Å². The number of alkyl halides is 2. The number of aryl methyl sites for hydroxylation is 1. The highest BCUT2D eigenvalue weighted by molar-refractivity contribution is 6.60. The minimum Gasteiger partial charge on any atom is -0.423 e. The number of fused-ring (bicyclic) bond motifs is 1. The van der Waals surface area contributed by atoms with Crippen LogP contribution in [0.5, 0.6) is 11.5 Å². The molecule has 7 heteroatoms. The van der Waals surface area contributed by atoms with Gasteiger partial charge >= 0.3 is 13.4 Å². The molecule has 0 saturated carbocycles. The Labute approximate surface area is 84.2 Å². The second-order valence-electron chi connectivity index (χ2n) is 3.22. The summed E-state index contributed by atoms with van der Waals surface area (Å²) in [7, 11) is -1.88. The third-order valence-corrected chi connectivity index (χ3v) is 1.96. The molecule has 1 heterocycles. The first-order valence-corrected chi connectivity index (χ1v) is 4.15. The van der Waals surface area contributed by atoms with Crippen molar-refractivity contribution in [1.29, 1.82) is 0 Å². The number of hydrogen-bond donors (Lipinski definition) is 2. The van der Waals surface area contributed by atoms with Crippen LogP contribution in [0.1, 0.15) is 5.56 Å². The van der Waals surface area contributed by atoms with Gasteiger partial charge in [0.1, 0.15) is 0 Å². The van der Waals surface area contributed by atoms with Crippen molar-refractivity contribution in [3.63, 3.8) is 0 Å². The molecule has 0 spiro atoms. The van der Waals surface area contributed by atoms with Crippen LogP contribution in [0.3, 0.4) is 0 Å². The molecule has 2 rings (SSSR count). The van der Waals surface area contributed by atoms with E-state index in [4.69, 9.17) is 10.0 Å². The zero-order valence-corrected chi connectivity index (χ0v) is 7.70. The Hall–Kier alpha value is -1.34. The molecule has 1 aromatic rings. The van der Waals surface area contributed by atoms with Crippen LogP contribution >= 0.6 is 0 Å². The minimum absolute atomic E-state index is 0.137. The summed E-state index contributed by atoms with van der Waals surface area (Å²) in [4.78, 5) is 0. The first-order chi connectivity index (χ1) is 6.89. The van der Waals surface area contributed by atoms with Crippen molar-refractivity contribution in [3.8, 4) is 11.5 Å². The van der Waals surface area contributed by atoms with E-state index in [9.17, 15) is 8.78 Å².